The first kappa shape index (κ1) is 17.3. The lowest BCUT2D eigenvalue weighted by Crippen LogP contribution is -2.56. The van der Waals surface area contributed by atoms with Crippen molar-refractivity contribution in [2.75, 3.05) is 19.6 Å². The summed E-state index contributed by atoms with van der Waals surface area (Å²) < 4.78 is 1.18. The van der Waals surface area contributed by atoms with Gasteiger partial charge in [-0.2, -0.15) is 0 Å². The highest BCUT2D eigenvalue weighted by Crippen LogP contribution is 2.13. The van der Waals surface area contributed by atoms with Gasteiger partial charge in [-0.05, 0) is 24.7 Å². The molecule has 2 heteroatoms. The molecule has 1 radical (unpaired) electrons. The van der Waals surface area contributed by atoms with E-state index in [9.17, 15) is 0 Å². The fraction of sp³-hybridized carbons (Fsp3) is 0.667. The Morgan fingerprint density at radius 3 is 1.60 bits per heavy atom. The van der Waals surface area contributed by atoms with Crippen LogP contribution in [0.2, 0.25) is 0 Å². The lowest BCUT2D eigenvalue weighted by molar-refractivity contribution is -0.822. The summed E-state index contributed by atoms with van der Waals surface area (Å²) in [5, 5.41) is 0. The first-order valence-electron chi connectivity index (χ1n) is 8.53. The molecule has 0 aromatic heterocycles. The minimum absolute atomic E-state index is 1.18. The average Bonchev–Trinajstić information content (AvgIpc) is 2.49. The first-order valence-corrected chi connectivity index (χ1v) is 8.53. The monoisotopic (exact) mass is 273 g/mol. The largest absolute Gasteiger partial charge is 0.486 e. The van der Waals surface area contributed by atoms with Crippen LogP contribution < -0.4 is 5.46 Å². The standard InChI is InChI=1S/C18H32BN/c1-4-7-15-20(16-8-5-2,17-9-6-3)19-18-13-11-10-12-14-18/h10-14H,4-9,15-17H2,1-3H3/q+1. The smallest absolute Gasteiger partial charge is 0.390 e. The summed E-state index contributed by atoms with van der Waals surface area (Å²) in [5.74, 6) is 0. The summed E-state index contributed by atoms with van der Waals surface area (Å²) >= 11 is 0. The van der Waals surface area contributed by atoms with Crippen LogP contribution >= 0.6 is 0 Å². The van der Waals surface area contributed by atoms with Crippen molar-refractivity contribution in [2.45, 2.75) is 59.3 Å². The van der Waals surface area contributed by atoms with Gasteiger partial charge in [-0.1, -0.05) is 70.4 Å². The zero-order valence-corrected chi connectivity index (χ0v) is 13.8. The van der Waals surface area contributed by atoms with E-state index in [1.165, 1.54) is 68.0 Å². The molecule has 0 N–H and O–H groups in total. The molecule has 1 aromatic carbocycles. The highest BCUT2D eigenvalue weighted by molar-refractivity contribution is 6.46. The van der Waals surface area contributed by atoms with E-state index >= 15 is 0 Å². The lowest BCUT2D eigenvalue weighted by atomic mass is 9.76. The van der Waals surface area contributed by atoms with Gasteiger partial charge in [0.15, 0.2) is 0 Å². The number of hydrogen-bond donors (Lipinski definition) is 0. The molecule has 0 saturated carbocycles. The summed E-state index contributed by atoms with van der Waals surface area (Å²) in [6, 6.07) is 10.9. The molecule has 20 heavy (non-hydrogen) atoms. The Kier molecular flexibility index (Phi) is 8.68. The van der Waals surface area contributed by atoms with Crippen LogP contribution in [0.3, 0.4) is 0 Å². The van der Waals surface area contributed by atoms with Gasteiger partial charge < -0.3 is 4.39 Å². The van der Waals surface area contributed by atoms with Gasteiger partial charge in [-0.15, -0.1) is 0 Å². The second-order valence-electron chi connectivity index (χ2n) is 5.99. The van der Waals surface area contributed by atoms with E-state index in [4.69, 9.17) is 0 Å². The maximum absolute atomic E-state index is 2.53. The van der Waals surface area contributed by atoms with E-state index in [1.54, 1.807) is 0 Å². The second-order valence-corrected chi connectivity index (χ2v) is 5.99. The minimum atomic E-state index is 1.18. The van der Waals surface area contributed by atoms with Crippen LogP contribution in [-0.2, 0) is 0 Å². The van der Waals surface area contributed by atoms with Crippen molar-refractivity contribution in [3.05, 3.63) is 30.3 Å². The van der Waals surface area contributed by atoms with Crippen molar-refractivity contribution in [1.82, 2.24) is 0 Å². The molecule has 0 saturated heterocycles. The van der Waals surface area contributed by atoms with Crippen LogP contribution in [0.25, 0.3) is 0 Å². The quantitative estimate of drug-likeness (QED) is 0.531. The summed E-state index contributed by atoms with van der Waals surface area (Å²) in [5.41, 5.74) is 1.39. The first-order chi connectivity index (χ1) is 9.76. The molecule has 0 fully saturated rings. The highest BCUT2D eigenvalue weighted by Gasteiger charge is 2.29. The maximum Gasteiger partial charge on any atom is 0.486 e. The van der Waals surface area contributed by atoms with E-state index in [-0.39, 0.29) is 0 Å². The fourth-order valence-corrected chi connectivity index (χ4v) is 2.80. The number of rotatable bonds is 11. The second kappa shape index (κ2) is 10.0. The van der Waals surface area contributed by atoms with Crippen LogP contribution in [0.1, 0.15) is 59.3 Å². The third-order valence-corrected chi connectivity index (χ3v) is 4.09. The Morgan fingerprint density at radius 1 is 0.750 bits per heavy atom. The van der Waals surface area contributed by atoms with Gasteiger partial charge in [0.1, 0.15) is 0 Å². The molecular formula is C18H32BN+. The van der Waals surface area contributed by atoms with Gasteiger partial charge in [0.2, 0.25) is 0 Å². The predicted molar refractivity (Wildman–Crippen MR) is 91.4 cm³/mol. The zero-order valence-electron chi connectivity index (χ0n) is 13.8. The number of quaternary nitrogens is 1. The van der Waals surface area contributed by atoms with E-state index in [0.29, 0.717) is 0 Å². The summed E-state index contributed by atoms with van der Waals surface area (Å²) in [6.07, 6.45) is 7.87. The average molecular weight is 273 g/mol. The van der Waals surface area contributed by atoms with Crippen molar-refractivity contribution in [1.29, 1.82) is 0 Å². The Hall–Kier alpha value is -0.755. The van der Waals surface area contributed by atoms with Gasteiger partial charge in [0.05, 0.1) is 19.6 Å². The Bertz CT molecular complexity index is 315. The van der Waals surface area contributed by atoms with Gasteiger partial charge in [0, 0.05) is 0 Å². The number of benzene rings is 1. The summed E-state index contributed by atoms with van der Waals surface area (Å²) in [4.78, 5) is 0. The molecule has 0 heterocycles. The van der Waals surface area contributed by atoms with Gasteiger partial charge >= 0.3 is 7.41 Å². The number of unbranched alkanes of at least 4 members (excludes halogenated alkanes) is 3. The summed E-state index contributed by atoms with van der Waals surface area (Å²) in [6.45, 7) is 10.8. The van der Waals surface area contributed by atoms with Crippen molar-refractivity contribution in [3.63, 3.8) is 0 Å². The van der Waals surface area contributed by atoms with E-state index < -0.39 is 0 Å². The van der Waals surface area contributed by atoms with Gasteiger partial charge in [-0.3, -0.25) is 0 Å². The molecule has 1 aromatic rings. The SMILES string of the molecule is CCCC[N+]([B]c1ccccc1)(CCCC)CCCC. The van der Waals surface area contributed by atoms with Gasteiger partial charge in [-0.25, -0.2) is 0 Å². The molecule has 0 aliphatic heterocycles. The molecule has 0 aliphatic rings. The fourth-order valence-electron chi connectivity index (χ4n) is 2.80. The van der Waals surface area contributed by atoms with Crippen LogP contribution in [-0.4, -0.2) is 31.4 Å². The molecule has 0 bridgehead atoms. The van der Waals surface area contributed by atoms with Gasteiger partial charge in [0.25, 0.3) is 0 Å². The number of nitrogens with zero attached hydrogens (tertiary/aromatic N) is 1. The summed E-state index contributed by atoms with van der Waals surface area (Å²) in [7, 11) is 2.53. The van der Waals surface area contributed by atoms with Crippen molar-refractivity contribution in [2.24, 2.45) is 0 Å². The molecule has 0 atom stereocenters. The van der Waals surface area contributed by atoms with Crippen LogP contribution in [0.5, 0.6) is 0 Å². The third-order valence-electron chi connectivity index (χ3n) is 4.09. The predicted octanol–water partition coefficient (Wildman–Crippen LogP) is 4.15. The molecule has 111 valence electrons. The van der Waals surface area contributed by atoms with Crippen LogP contribution in [0.4, 0.5) is 0 Å². The van der Waals surface area contributed by atoms with E-state index in [1.807, 2.05) is 0 Å². The molecule has 0 unspecified atom stereocenters. The highest BCUT2D eigenvalue weighted by atomic mass is 15.3. The normalized spacial score (nSPS) is 11.6. The van der Waals surface area contributed by atoms with Crippen LogP contribution in [0, 0.1) is 0 Å². The molecule has 1 rings (SSSR count). The number of hydrogen-bond acceptors (Lipinski definition) is 0. The Morgan fingerprint density at radius 2 is 1.20 bits per heavy atom. The molecular weight excluding hydrogens is 241 g/mol. The van der Waals surface area contributed by atoms with Crippen molar-refractivity contribution in [3.8, 4) is 0 Å². The lowest BCUT2D eigenvalue weighted by Gasteiger charge is -2.39. The molecule has 0 spiro atoms. The Balaban J connectivity index is 2.81. The maximum atomic E-state index is 2.53. The topological polar surface area (TPSA) is 0 Å². The third kappa shape index (κ3) is 6.13. The van der Waals surface area contributed by atoms with E-state index in [2.05, 4.69) is 58.5 Å². The molecule has 1 nitrogen and oxygen atoms in total. The van der Waals surface area contributed by atoms with Crippen LogP contribution in [0.15, 0.2) is 30.3 Å². The Labute approximate surface area is 127 Å². The molecule has 0 amide bonds. The van der Waals surface area contributed by atoms with Crippen molar-refractivity contribution < 1.29 is 4.39 Å². The minimum Gasteiger partial charge on any atom is -0.390 e. The van der Waals surface area contributed by atoms with E-state index in [0.717, 1.165) is 0 Å². The zero-order chi connectivity index (χ0) is 14.7. The molecule has 0 aliphatic carbocycles. The van der Waals surface area contributed by atoms with Crippen molar-refractivity contribution >= 4 is 12.9 Å².